The summed E-state index contributed by atoms with van der Waals surface area (Å²) in [5.41, 5.74) is 0. The third-order valence-electron chi connectivity index (χ3n) is 3.04. The van der Waals surface area contributed by atoms with Crippen molar-refractivity contribution in [1.29, 1.82) is 0 Å². The average molecular weight is 267 g/mol. The fraction of sp³-hybridized carbons (Fsp3) is 0.750. The maximum Gasteiger partial charge on any atom is 0.209 e. The van der Waals surface area contributed by atoms with Crippen molar-refractivity contribution >= 4 is 11.8 Å². The second-order valence-corrected chi connectivity index (χ2v) is 5.72. The predicted octanol–water partition coefficient (Wildman–Crippen LogP) is 1.87. The summed E-state index contributed by atoms with van der Waals surface area (Å²) < 4.78 is 1.88. The summed E-state index contributed by atoms with van der Waals surface area (Å²) in [5, 5.41) is 16.5. The van der Waals surface area contributed by atoms with Crippen LogP contribution in [0.1, 0.15) is 32.1 Å². The van der Waals surface area contributed by atoms with Crippen molar-refractivity contribution in [3.8, 4) is 0 Å². The molecule has 100 valence electrons. The predicted molar refractivity (Wildman–Crippen MR) is 73.6 cm³/mol. The maximum atomic E-state index is 4.12. The van der Waals surface area contributed by atoms with E-state index in [2.05, 4.69) is 33.0 Å². The number of nitrogens with zero attached hydrogens (tertiary/aromatic N) is 4. The molecule has 6 heteroatoms. The van der Waals surface area contributed by atoms with Gasteiger partial charge in [0.15, 0.2) is 0 Å². The molecule has 0 fully saturated rings. The summed E-state index contributed by atoms with van der Waals surface area (Å²) in [5.74, 6) is 0. The lowest BCUT2D eigenvalue weighted by Crippen LogP contribution is -2.17. The first-order valence-electron chi connectivity index (χ1n) is 6.64. The monoisotopic (exact) mass is 267 g/mol. The largest absolute Gasteiger partial charge is 0.318 e. The second-order valence-electron chi connectivity index (χ2n) is 4.51. The van der Waals surface area contributed by atoms with Gasteiger partial charge in [0.1, 0.15) is 0 Å². The summed E-state index contributed by atoms with van der Waals surface area (Å²) in [6, 6.07) is 0. The zero-order valence-electron chi connectivity index (χ0n) is 10.9. The summed E-state index contributed by atoms with van der Waals surface area (Å²) in [6.45, 7) is 1.71. The topological polar surface area (TPSA) is 55.6 Å². The van der Waals surface area contributed by atoms with Gasteiger partial charge in [-0.2, -0.15) is 0 Å². The normalized spacial score (nSPS) is 22.4. The maximum absolute atomic E-state index is 4.12. The highest BCUT2D eigenvalue weighted by Crippen LogP contribution is 2.27. The Hall–Kier alpha value is -0.880. The Labute approximate surface area is 112 Å². The lowest BCUT2D eigenvalue weighted by Gasteiger charge is -2.14. The van der Waals surface area contributed by atoms with E-state index in [1.807, 2.05) is 11.7 Å². The molecule has 0 aromatic carbocycles. The molecule has 1 aliphatic rings. The van der Waals surface area contributed by atoms with Gasteiger partial charge < -0.3 is 5.32 Å². The van der Waals surface area contributed by atoms with Gasteiger partial charge in [-0.15, -0.1) is 5.10 Å². The molecule has 0 spiro atoms. The van der Waals surface area contributed by atoms with Crippen molar-refractivity contribution in [2.24, 2.45) is 0 Å². The van der Waals surface area contributed by atoms with E-state index < -0.39 is 0 Å². The van der Waals surface area contributed by atoms with Gasteiger partial charge in [0.05, 0.1) is 6.54 Å². The standard InChI is InChI=1S/C12H21N5S/c1-13-9-10-17-12(14-15-16-17)18-11-7-5-3-2-4-6-8-11/h5,7,11,13H,2-4,6,8-10H2,1H3/b7-5+. The van der Waals surface area contributed by atoms with Crippen LogP contribution in [0.2, 0.25) is 0 Å². The smallest absolute Gasteiger partial charge is 0.209 e. The minimum atomic E-state index is 0.518. The molecule has 2 rings (SSSR count). The quantitative estimate of drug-likeness (QED) is 0.825. The molecule has 18 heavy (non-hydrogen) atoms. The molecular weight excluding hydrogens is 246 g/mol. The van der Waals surface area contributed by atoms with E-state index in [9.17, 15) is 0 Å². The number of likely N-dealkylation sites (N-methyl/N-ethyl adjacent to an activating group) is 1. The minimum Gasteiger partial charge on any atom is -0.318 e. The number of tetrazole rings is 1. The van der Waals surface area contributed by atoms with Crippen molar-refractivity contribution in [3.63, 3.8) is 0 Å². The number of hydrogen-bond donors (Lipinski definition) is 1. The highest BCUT2D eigenvalue weighted by Gasteiger charge is 2.14. The van der Waals surface area contributed by atoms with Crippen molar-refractivity contribution < 1.29 is 0 Å². The van der Waals surface area contributed by atoms with Gasteiger partial charge in [0.25, 0.3) is 0 Å². The molecule has 0 saturated heterocycles. The molecule has 1 aliphatic carbocycles. The van der Waals surface area contributed by atoms with Crippen molar-refractivity contribution in [3.05, 3.63) is 12.2 Å². The van der Waals surface area contributed by atoms with Crippen LogP contribution in [0.4, 0.5) is 0 Å². The van der Waals surface area contributed by atoms with E-state index in [1.165, 1.54) is 32.1 Å². The molecule has 1 atom stereocenters. The summed E-state index contributed by atoms with van der Waals surface area (Å²) in [7, 11) is 1.94. The van der Waals surface area contributed by atoms with Gasteiger partial charge >= 0.3 is 0 Å². The van der Waals surface area contributed by atoms with E-state index in [0.717, 1.165) is 18.2 Å². The van der Waals surface area contributed by atoms with Gasteiger partial charge in [0, 0.05) is 11.8 Å². The van der Waals surface area contributed by atoms with Crippen molar-refractivity contribution in [1.82, 2.24) is 25.5 Å². The van der Waals surface area contributed by atoms with Gasteiger partial charge in [-0.3, -0.25) is 0 Å². The van der Waals surface area contributed by atoms with Gasteiger partial charge in [-0.1, -0.05) is 36.8 Å². The first-order valence-corrected chi connectivity index (χ1v) is 7.52. The van der Waals surface area contributed by atoms with Crippen LogP contribution in [0.15, 0.2) is 17.3 Å². The van der Waals surface area contributed by atoms with Crippen LogP contribution in [0.25, 0.3) is 0 Å². The van der Waals surface area contributed by atoms with E-state index >= 15 is 0 Å². The van der Waals surface area contributed by atoms with Crippen molar-refractivity contribution in [2.75, 3.05) is 13.6 Å². The molecule has 0 bridgehead atoms. The van der Waals surface area contributed by atoms with E-state index in [-0.39, 0.29) is 0 Å². The molecule has 0 saturated carbocycles. The Balaban J connectivity index is 1.94. The Morgan fingerprint density at radius 1 is 1.44 bits per heavy atom. The van der Waals surface area contributed by atoms with Gasteiger partial charge in [0.2, 0.25) is 5.16 Å². The Bertz CT molecular complexity index is 376. The Kier molecular flexibility index (Phi) is 5.67. The van der Waals surface area contributed by atoms with Crippen LogP contribution in [-0.4, -0.2) is 39.0 Å². The van der Waals surface area contributed by atoms with Crippen LogP contribution in [-0.2, 0) is 6.54 Å². The third-order valence-corrected chi connectivity index (χ3v) is 4.24. The van der Waals surface area contributed by atoms with Crippen LogP contribution >= 0.6 is 11.8 Å². The lowest BCUT2D eigenvalue weighted by molar-refractivity contribution is 0.529. The van der Waals surface area contributed by atoms with Crippen LogP contribution < -0.4 is 5.32 Å². The number of thioether (sulfide) groups is 1. The molecular formula is C12H21N5S. The highest BCUT2D eigenvalue weighted by atomic mass is 32.2. The number of rotatable bonds is 5. The zero-order valence-corrected chi connectivity index (χ0v) is 11.7. The molecule has 1 N–H and O–H groups in total. The van der Waals surface area contributed by atoms with E-state index in [0.29, 0.717) is 5.25 Å². The van der Waals surface area contributed by atoms with Crippen LogP contribution in [0.5, 0.6) is 0 Å². The minimum absolute atomic E-state index is 0.518. The summed E-state index contributed by atoms with van der Waals surface area (Å²) in [4.78, 5) is 0. The molecule has 1 aromatic rings. The molecule has 5 nitrogen and oxygen atoms in total. The average Bonchev–Trinajstić information content (AvgIpc) is 2.77. The Morgan fingerprint density at radius 3 is 3.28 bits per heavy atom. The fourth-order valence-electron chi connectivity index (χ4n) is 2.00. The number of allylic oxidation sites excluding steroid dienone is 1. The number of hydrogen-bond acceptors (Lipinski definition) is 5. The number of aromatic nitrogens is 4. The second kappa shape index (κ2) is 7.53. The first-order chi connectivity index (χ1) is 8.90. The molecule has 1 aromatic heterocycles. The SMILES string of the molecule is CNCCn1nnnc1SC1/C=C/CCCCC1. The Morgan fingerprint density at radius 2 is 2.39 bits per heavy atom. The van der Waals surface area contributed by atoms with Crippen LogP contribution in [0.3, 0.4) is 0 Å². The summed E-state index contributed by atoms with van der Waals surface area (Å²) >= 11 is 1.78. The summed E-state index contributed by atoms with van der Waals surface area (Å²) in [6.07, 6.45) is 11.0. The van der Waals surface area contributed by atoms with E-state index in [4.69, 9.17) is 0 Å². The number of nitrogens with one attached hydrogen (secondary N) is 1. The molecule has 0 aliphatic heterocycles. The van der Waals surface area contributed by atoms with Crippen LogP contribution in [0, 0.1) is 0 Å². The van der Waals surface area contributed by atoms with Gasteiger partial charge in [-0.05, 0) is 36.7 Å². The van der Waals surface area contributed by atoms with Crippen molar-refractivity contribution in [2.45, 2.75) is 49.1 Å². The highest BCUT2D eigenvalue weighted by molar-refractivity contribution is 7.99. The molecule has 1 unspecified atom stereocenters. The molecule has 1 heterocycles. The van der Waals surface area contributed by atoms with E-state index in [1.54, 1.807) is 11.8 Å². The fourth-order valence-corrected chi connectivity index (χ4v) is 3.08. The third kappa shape index (κ3) is 4.10. The zero-order chi connectivity index (χ0) is 12.6. The molecule has 0 radical (unpaired) electrons. The van der Waals surface area contributed by atoms with Gasteiger partial charge in [-0.25, -0.2) is 4.68 Å². The first kappa shape index (κ1) is 13.5. The molecule has 0 amide bonds. The lowest BCUT2D eigenvalue weighted by atomic mass is 10.1.